The number of likely N-dealkylation sites (N-methyl/N-ethyl adjacent to an activating group) is 1. The van der Waals surface area contributed by atoms with E-state index in [9.17, 15) is 5.11 Å². The van der Waals surface area contributed by atoms with Crippen LogP contribution in [0.5, 0.6) is 0 Å². The van der Waals surface area contributed by atoms with Gasteiger partial charge in [0, 0.05) is 11.6 Å². The second-order valence-corrected chi connectivity index (χ2v) is 7.02. The Morgan fingerprint density at radius 3 is 2.55 bits per heavy atom. The fraction of sp³-hybridized carbons (Fsp3) is 1.00. The number of aliphatic hydroxyl groups is 1. The fourth-order valence-electron chi connectivity index (χ4n) is 3.64. The Balaban J connectivity index is 2.22. The van der Waals surface area contributed by atoms with E-state index in [0.29, 0.717) is 0 Å². The molecule has 0 amide bonds. The molecule has 0 aromatic carbocycles. The summed E-state index contributed by atoms with van der Waals surface area (Å²) in [7, 11) is 2.29. The van der Waals surface area contributed by atoms with Crippen LogP contribution in [0, 0.1) is 5.92 Å². The van der Waals surface area contributed by atoms with Crippen molar-refractivity contribution in [3.05, 3.63) is 0 Å². The Labute approximate surface area is 126 Å². The van der Waals surface area contributed by atoms with Crippen LogP contribution in [0.4, 0.5) is 0 Å². The van der Waals surface area contributed by atoms with Gasteiger partial charge in [-0.15, -0.1) is 0 Å². The van der Waals surface area contributed by atoms with Crippen LogP contribution in [0.25, 0.3) is 0 Å². The third kappa shape index (κ3) is 5.71. The van der Waals surface area contributed by atoms with Crippen molar-refractivity contribution in [2.45, 2.75) is 77.3 Å². The Morgan fingerprint density at radius 1 is 1.25 bits per heavy atom. The first-order valence-corrected chi connectivity index (χ1v) is 8.58. The van der Waals surface area contributed by atoms with Crippen LogP contribution in [0.1, 0.15) is 65.7 Å². The van der Waals surface area contributed by atoms with Gasteiger partial charge in [-0.05, 0) is 58.7 Å². The van der Waals surface area contributed by atoms with Gasteiger partial charge in [-0.25, -0.2) is 0 Å². The topological polar surface area (TPSA) is 35.5 Å². The van der Waals surface area contributed by atoms with Crippen LogP contribution in [0.2, 0.25) is 0 Å². The Hall–Kier alpha value is -0.120. The summed E-state index contributed by atoms with van der Waals surface area (Å²) in [6.07, 6.45) is 9.09. The molecule has 0 bridgehead atoms. The number of aliphatic hydroxyl groups excluding tert-OH is 1. The van der Waals surface area contributed by atoms with Crippen molar-refractivity contribution in [1.29, 1.82) is 0 Å². The molecule has 1 fully saturated rings. The first kappa shape index (κ1) is 17.9. The normalized spacial score (nSPS) is 26.7. The van der Waals surface area contributed by atoms with Crippen molar-refractivity contribution < 1.29 is 5.11 Å². The van der Waals surface area contributed by atoms with E-state index in [1.54, 1.807) is 0 Å². The zero-order valence-corrected chi connectivity index (χ0v) is 14.1. The van der Waals surface area contributed by atoms with E-state index < -0.39 is 0 Å². The summed E-state index contributed by atoms with van der Waals surface area (Å²) in [4.78, 5) is 2.58. The maximum atomic E-state index is 9.49. The zero-order valence-electron chi connectivity index (χ0n) is 14.1. The Morgan fingerprint density at radius 2 is 1.95 bits per heavy atom. The van der Waals surface area contributed by atoms with E-state index in [1.165, 1.54) is 45.1 Å². The number of hydrogen-bond donors (Lipinski definition) is 2. The highest BCUT2D eigenvalue weighted by atomic mass is 16.3. The molecule has 1 rings (SSSR count). The number of hydrogen-bond acceptors (Lipinski definition) is 3. The van der Waals surface area contributed by atoms with Crippen molar-refractivity contribution in [3.8, 4) is 0 Å². The lowest BCUT2D eigenvalue weighted by Gasteiger charge is -2.36. The van der Waals surface area contributed by atoms with E-state index in [4.69, 9.17) is 0 Å². The second kappa shape index (κ2) is 9.01. The minimum atomic E-state index is -0.0918. The Kier molecular flexibility index (Phi) is 8.08. The molecule has 0 saturated heterocycles. The molecule has 0 aromatic rings. The summed E-state index contributed by atoms with van der Waals surface area (Å²) in [6.45, 7) is 9.00. The summed E-state index contributed by atoms with van der Waals surface area (Å²) in [6, 6.07) is 0.793. The maximum Gasteiger partial charge on any atom is 0.0610 e. The highest BCUT2D eigenvalue weighted by Gasteiger charge is 2.25. The molecule has 120 valence electrons. The molecule has 1 saturated carbocycles. The van der Waals surface area contributed by atoms with Crippen LogP contribution in [-0.2, 0) is 0 Å². The molecule has 0 aromatic heterocycles. The number of nitrogens with one attached hydrogen (secondary N) is 1. The van der Waals surface area contributed by atoms with Gasteiger partial charge in [-0.3, -0.25) is 0 Å². The van der Waals surface area contributed by atoms with Gasteiger partial charge in [-0.2, -0.15) is 0 Å². The first-order chi connectivity index (χ1) is 9.52. The van der Waals surface area contributed by atoms with Crippen molar-refractivity contribution in [2.75, 3.05) is 26.7 Å². The molecule has 0 radical (unpaired) electrons. The Bertz CT molecular complexity index is 259. The first-order valence-electron chi connectivity index (χ1n) is 8.58. The average molecular weight is 284 g/mol. The van der Waals surface area contributed by atoms with Gasteiger partial charge in [0.1, 0.15) is 0 Å². The number of rotatable bonds is 9. The monoisotopic (exact) mass is 284 g/mol. The van der Waals surface area contributed by atoms with Crippen LogP contribution in [-0.4, -0.2) is 48.3 Å². The second-order valence-electron chi connectivity index (χ2n) is 7.02. The van der Waals surface area contributed by atoms with Gasteiger partial charge in [0.05, 0.1) is 6.61 Å². The lowest BCUT2D eigenvalue weighted by atomic mass is 9.85. The largest absolute Gasteiger partial charge is 0.394 e. The van der Waals surface area contributed by atoms with Crippen molar-refractivity contribution in [2.24, 2.45) is 5.92 Å². The van der Waals surface area contributed by atoms with Crippen molar-refractivity contribution in [1.82, 2.24) is 10.2 Å². The molecule has 0 spiro atoms. The van der Waals surface area contributed by atoms with Crippen molar-refractivity contribution >= 4 is 0 Å². The quantitative estimate of drug-likeness (QED) is 0.639. The smallest absolute Gasteiger partial charge is 0.0610 e. The van der Waals surface area contributed by atoms with E-state index in [1.807, 2.05) is 0 Å². The van der Waals surface area contributed by atoms with Crippen LogP contribution >= 0.6 is 0 Å². The summed E-state index contributed by atoms with van der Waals surface area (Å²) in [5, 5.41) is 12.9. The molecule has 3 nitrogen and oxygen atoms in total. The van der Waals surface area contributed by atoms with Gasteiger partial charge < -0.3 is 15.3 Å². The van der Waals surface area contributed by atoms with Gasteiger partial charge in [0.25, 0.3) is 0 Å². The van der Waals surface area contributed by atoms with Crippen molar-refractivity contribution in [3.63, 3.8) is 0 Å². The SMILES string of the molecule is CCNC(C)(CO)CCCCN(C)C1CCCCC1C. The standard InChI is InChI=1S/C17H36N2O/c1-5-18-17(3,14-20)12-8-9-13-19(4)16-11-7-6-10-15(16)2/h15-16,18,20H,5-14H2,1-4H3. The molecule has 3 heteroatoms. The van der Waals surface area contributed by atoms with Crippen LogP contribution < -0.4 is 5.32 Å². The van der Waals surface area contributed by atoms with Gasteiger partial charge in [0.2, 0.25) is 0 Å². The molecule has 20 heavy (non-hydrogen) atoms. The van der Waals surface area contributed by atoms with Crippen LogP contribution in [0.15, 0.2) is 0 Å². The lowest BCUT2D eigenvalue weighted by molar-refractivity contribution is 0.132. The van der Waals surface area contributed by atoms with E-state index in [-0.39, 0.29) is 12.1 Å². The lowest BCUT2D eigenvalue weighted by Crippen LogP contribution is -2.45. The maximum absolute atomic E-state index is 9.49. The molecule has 2 N–H and O–H groups in total. The molecule has 1 aliphatic rings. The molecule has 3 unspecified atom stereocenters. The minimum absolute atomic E-state index is 0.0918. The van der Waals surface area contributed by atoms with E-state index in [2.05, 4.69) is 38.0 Å². The highest BCUT2D eigenvalue weighted by Crippen LogP contribution is 2.27. The summed E-state index contributed by atoms with van der Waals surface area (Å²) in [5.74, 6) is 0.859. The minimum Gasteiger partial charge on any atom is -0.394 e. The van der Waals surface area contributed by atoms with Gasteiger partial charge >= 0.3 is 0 Å². The molecule has 0 aliphatic heterocycles. The fourth-order valence-corrected chi connectivity index (χ4v) is 3.64. The van der Waals surface area contributed by atoms with E-state index in [0.717, 1.165) is 24.9 Å². The molecule has 1 aliphatic carbocycles. The molecule has 0 heterocycles. The molecular weight excluding hydrogens is 248 g/mol. The summed E-state index contributed by atoms with van der Waals surface area (Å²) >= 11 is 0. The van der Waals surface area contributed by atoms with Crippen LogP contribution in [0.3, 0.4) is 0 Å². The third-order valence-corrected chi connectivity index (χ3v) is 5.07. The number of unbranched alkanes of at least 4 members (excludes halogenated alkanes) is 1. The molecule has 3 atom stereocenters. The predicted octanol–water partition coefficient (Wildman–Crippen LogP) is 3.03. The third-order valence-electron chi connectivity index (χ3n) is 5.07. The van der Waals surface area contributed by atoms with Gasteiger partial charge in [-0.1, -0.05) is 33.1 Å². The number of nitrogens with zero attached hydrogens (tertiary/aromatic N) is 1. The highest BCUT2D eigenvalue weighted by molar-refractivity contribution is 4.82. The summed E-state index contributed by atoms with van der Waals surface area (Å²) in [5.41, 5.74) is -0.0918. The van der Waals surface area contributed by atoms with E-state index >= 15 is 0 Å². The summed E-state index contributed by atoms with van der Waals surface area (Å²) < 4.78 is 0. The van der Waals surface area contributed by atoms with Gasteiger partial charge in [0.15, 0.2) is 0 Å². The predicted molar refractivity (Wildman–Crippen MR) is 87.1 cm³/mol. The zero-order chi connectivity index (χ0) is 15.0. The molecular formula is C17H36N2O. The average Bonchev–Trinajstić information content (AvgIpc) is 2.44.